The van der Waals surface area contributed by atoms with Gasteiger partial charge in [0.05, 0.1) is 0 Å². The first-order chi connectivity index (χ1) is 11.5. The van der Waals surface area contributed by atoms with Crippen LogP contribution >= 0.6 is 22.6 Å². The largest absolute Gasteiger partial charge is 0.352 e. The summed E-state index contributed by atoms with van der Waals surface area (Å²) in [5.74, 6) is -1.76. The first kappa shape index (κ1) is 18.4. The zero-order chi connectivity index (χ0) is 17.5. The van der Waals surface area contributed by atoms with Gasteiger partial charge < -0.3 is 10.2 Å². The Bertz CT molecular complexity index is 646. The van der Waals surface area contributed by atoms with Gasteiger partial charge in [-0.3, -0.25) is 14.4 Å². The number of rotatable bonds is 7. The van der Waals surface area contributed by atoms with Crippen LogP contribution in [0.1, 0.15) is 42.5 Å². The fourth-order valence-electron chi connectivity index (χ4n) is 2.13. The standard InChI is InChI=1S/C16H17IN2O5/c17-12-5-3-4-11(10-12)16(23)18-9-2-1-6-15(22)24-19-13(20)7-8-14(19)21/h3-5,10H,1-2,6-9H2,(H,18,23). The second-order valence-electron chi connectivity index (χ2n) is 5.27. The number of imide groups is 1. The summed E-state index contributed by atoms with van der Waals surface area (Å²) in [5.41, 5.74) is 0.590. The first-order valence-corrected chi connectivity index (χ1v) is 8.65. The molecule has 1 aliphatic rings. The summed E-state index contributed by atoms with van der Waals surface area (Å²) >= 11 is 2.14. The minimum atomic E-state index is -0.623. The summed E-state index contributed by atoms with van der Waals surface area (Å²) in [4.78, 5) is 50.9. The van der Waals surface area contributed by atoms with Crippen molar-refractivity contribution in [2.24, 2.45) is 0 Å². The Hall–Kier alpha value is -1.97. The molecule has 3 amide bonds. The van der Waals surface area contributed by atoms with Gasteiger partial charge in [0.25, 0.3) is 17.7 Å². The number of hydrogen-bond donors (Lipinski definition) is 1. The molecule has 1 fully saturated rings. The number of carbonyl (C=O) groups excluding carboxylic acids is 4. The minimum absolute atomic E-state index is 0.0795. The van der Waals surface area contributed by atoms with Crippen molar-refractivity contribution >= 4 is 46.3 Å². The van der Waals surface area contributed by atoms with Crippen LogP contribution in [0.2, 0.25) is 0 Å². The Kier molecular flexibility index (Phi) is 6.71. The molecule has 1 aliphatic heterocycles. The van der Waals surface area contributed by atoms with E-state index < -0.39 is 17.8 Å². The van der Waals surface area contributed by atoms with E-state index in [4.69, 9.17) is 4.84 Å². The lowest BCUT2D eigenvalue weighted by Gasteiger charge is -2.12. The molecule has 0 bridgehead atoms. The van der Waals surface area contributed by atoms with Crippen molar-refractivity contribution in [2.75, 3.05) is 6.54 Å². The van der Waals surface area contributed by atoms with E-state index >= 15 is 0 Å². The molecule has 0 aromatic heterocycles. The summed E-state index contributed by atoms with van der Waals surface area (Å²) in [6, 6.07) is 7.24. The summed E-state index contributed by atoms with van der Waals surface area (Å²) in [6.07, 6.45) is 1.32. The van der Waals surface area contributed by atoms with Crippen molar-refractivity contribution in [3.8, 4) is 0 Å². The lowest BCUT2D eigenvalue weighted by Crippen LogP contribution is -2.32. The maximum Gasteiger partial charge on any atom is 0.333 e. The van der Waals surface area contributed by atoms with E-state index in [-0.39, 0.29) is 25.2 Å². The number of nitrogens with zero attached hydrogens (tertiary/aromatic N) is 1. The number of benzene rings is 1. The molecule has 0 spiro atoms. The zero-order valence-corrected chi connectivity index (χ0v) is 15.1. The zero-order valence-electron chi connectivity index (χ0n) is 12.9. The van der Waals surface area contributed by atoms with Crippen LogP contribution in [0.3, 0.4) is 0 Å². The fraction of sp³-hybridized carbons (Fsp3) is 0.375. The van der Waals surface area contributed by atoms with Gasteiger partial charge in [-0.15, -0.1) is 5.06 Å². The SMILES string of the molecule is O=C(CCCCNC(=O)c1cccc(I)c1)ON1C(=O)CCC1=O. The van der Waals surface area contributed by atoms with Crippen molar-refractivity contribution in [3.05, 3.63) is 33.4 Å². The highest BCUT2D eigenvalue weighted by Crippen LogP contribution is 2.13. The monoisotopic (exact) mass is 444 g/mol. The summed E-state index contributed by atoms with van der Waals surface area (Å²) < 4.78 is 0.981. The average molecular weight is 444 g/mol. The Labute approximate surface area is 152 Å². The molecule has 0 saturated carbocycles. The van der Waals surface area contributed by atoms with Gasteiger partial charge in [-0.25, -0.2) is 4.79 Å². The second-order valence-corrected chi connectivity index (χ2v) is 6.51. The van der Waals surface area contributed by atoms with E-state index in [0.29, 0.717) is 30.0 Å². The topological polar surface area (TPSA) is 92.8 Å². The molecule has 1 N–H and O–H groups in total. The normalized spacial score (nSPS) is 14.0. The van der Waals surface area contributed by atoms with Crippen molar-refractivity contribution in [3.63, 3.8) is 0 Å². The highest BCUT2D eigenvalue weighted by atomic mass is 127. The predicted molar refractivity (Wildman–Crippen MR) is 92.5 cm³/mol. The van der Waals surface area contributed by atoms with Crippen molar-refractivity contribution in [2.45, 2.75) is 32.1 Å². The van der Waals surface area contributed by atoms with E-state index in [1.165, 1.54) is 0 Å². The number of carbonyl (C=O) groups is 4. The molecular formula is C16H17IN2O5. The van der Waals surface area contributed by atoms with E-state index in [0.717, 1.165) is 3.57 Å². The summed E-state index contributed by atoms with van der Waals surface area (Å²) in [6.45, 7) is 0.430. The van der Waals surface area contributed by atoms with Crippen LogP contribution in [-0.4, -0.2) is 35.3 Å². The molecule has 0 unspecified atom stereocenters. The number of unbranched alkanes of at least 4 members (excludes halogenated alkanes) is 1. The number of halogens is 1. The van der Waals surface area contributed by atoms with Crippen molar-refractivity contribution in [1.82, 2.24) is 10.4 Å². The van der Waals surface area contributed by atoms with Crippen molar-refractivity contribution in [1.29, 1.82) is 0 Å². The van der Waals surface area contributed by atoms with Gasteiger partial charge in [-0.1, -0.05) is 6.07 Å². The molecular weight excluding hydrogens is 427 g/mol. The number of hydrogen-bond acceptors (Lipinski definition) is 5. The van der Waals surface area contributed by atoms with E-state index in [2.05, 4.69) is 27.9 Å². The molecule has 2 rings (SSSR count). The molecule has 128 valence electrons. The predicted octanol–water partition coefficient (Wildman–Crippen LogP) is 1.80. The second kappa shape index (κ2) is 8.76. The third kappa shape index (κ3) is 5.29. The average Bonchev–Trinajstić information content (AvgIpc) is 2.86. The van der Waals surface area contributed by atoms with Crippen LogP contribution in [0, 0.1) is 3.57 Å². The van der Waals surface area contributed by atoms with Gasteiger partial charge >= 0.3 is 5.97 Å². The Morgan fingerprint density at radius 3 is 2.54 bits per heavy atom. The molecule has 0 atom stereocenters. The smallest absolute Gasteiger partial charge is 0.333 e. The molecule has 1 saturated heterocycles. The quantitative estimate of drug-likeness (QED) is 0.394. The van der Waals surface area contributed by atoms with Gasteiger partial charge in [0.2, 0.25) is 0 Å². The Morgan fingerprint density at radius 2 is 1.88 bits per heavy atom. The molecule has 8 heteroatoms. The van der Waals surface area contributed by atoms with Crippen LogP contribution in [-0.2, 0) is 19.2 Å². The van der Waals surface area contributed by atoms with Gasteiger partial charge in [-0.05, 0) is 53.6 Å². The van der Waals surface area contributed by atoms with Gasteiger partial charge in [0.15, 0.2) is 0 Å². The lowest BCUT2D eigenvalue weighted by atomic mass is 10.2. The van der Waals surface area contributed by atoms with Crippen LogP contribution in [0.5, 0.6) is 0 Å². The van der Waals surface area contributed by atoms with Crippen LogP contribution in [0.4, 0.5) is 0 Å². The maximum absolute atomic E-state index is 11.9. The highest BCUT2D eigenvalue weighted by Gasteiger charge is 2.32. The Morgan fingerprint density at radius 1 is 1.17 bits per heavy atom. The van der Waals surface area contributed by atoms with Gasteiger partial charge in [0.1, 0.15) is 0 Å². The number of nitrogens with one attached hydrogen (secondary N) is 1. The van der Waals surface area contributed by atoms with Crippen LogP contribution in [0.25, 0.3) is 0 Å². The molecule has 1 aromatic rings. The maximum atomic E-state index is 11.9. The third-order valence-corrected chi connectivity index (χ3v) is 4.05. The molecule has 1 aromatic carbocycles. The minimum Gasteiger partial charge on any atom is -0.352 e. The van der Waals surface area contributed by atoms with Gasteiger partial charge in [-0.2, -0.15) is 0 Å². The number of amides is 3. The van der Waals surface area contributed by atoms with Gasteiger partial charge in [0, 0.05) is 34.9 Å². The molecule has 24 heavy (non-hydrogen) atoms. The molecule has 7 nitrogen and oxygen atoms in total. The first-order valence-electron chi connectivity index (χ1n) is 7.57. The van der Waals surface area contributed by atoms with E-state index in [1.54, 1.807) is 12.1 Å². The highest BCUT2D eigenvalue weighted by molar-refractivity contribution is 14.1. The summed E-state index contributed by atoms with van der Waals surface area (Å²) in [7, 11) is 0. The van der Waals surface area contributed by atoms with Crippen molar-refractivity contribution < 1.29 is 24.0 Å². The van der Waals surface area contributed by atoms with Crippen LogP contribution < -0.4 is 5.32 Å². The summed E-state index contributed by atoms with van der Waals surface area (Å²) in [5, 5.41) is 3.32. The Balaban J connectivity index is 1.62. The molecule has 0 radical (unpaired) electrons. The molecule has 0 aliphatic carbocycles. The third-order valence-electron chi connectivity index (χ3n) is 3.38. The molecule has 1 heterocycles. The van der Waals surface area contributed by atoms with Crippen LogP contribution in [0.15, 0.2) is 24.3 Å². The lowest BCUT2D eigenvalue weighted by molar-refractivity contribution is -0.197. The van der Waals surface area contributed by atoms with E-state index in [1.807, 2.05) is 12.1 Å². The fourth-order valence-corrected chi connectivity index (χ4v) is 2.68. The van der Waals surface area contributed by atoms with E-state index in [9.17, 15) is 19.2 Å². The number of hydroxylamine groups is 2.